The van der Waals surface area contributed by atoms with Gasteiger partial charge in [0.2, 0.25) is 5.91 Å². The molecule has 1 saturated heterocycles. The highest BCUT2D eigenvalue weighted by molar-refractivity contribution is 5.80. The van der Waals surface area contributed by atoms with Crippen molar-refractivity contribution in [2.45, 2.75) is 25.3 Å². The summed E-state index contributed by atoms with van der Waals surface area (Å²) in [7, 11) is 1.68. The summed E-state index contributed by atoms with van der Waals surface area (Å²) in [5.41, 5.74) is 6.96. The molecule has 2 aliphatic rings. The number of methoxy groups -OCH3 is 1. The third-order valence-corrected chi connectivity index (χ3v) is 5.30. The first-order valence-corrected chi connectivity index (χ1v) is 8.60. The van der Waals surface area contributed by atoms with Gasteiger partial charge < -0.3 is 20.7 Å². The van der Waals surface area contributed by atoms with Crippen LogP contribution in [0, 0.1) is 11.8 Å². The molecule has 3 rings (SSSR count). The predicted molar refractivity (Wildman–Crippen MR) is 90.2 cm³/mol. The molecule has 5 nitrogen and oxygen atoms in total. The van der Waals surface area contributed by atoms with Crippen molar-refractivity contribution >= 4 is 5.91 Å². The molecule has 1 aliphatic carbocycles. The first-order valence-electron chi connectivity index (χ1n) is 8.60. The van der Waals surface area contributed by atoms with Crippen molar-refractivity contribution in [1.82, 2.24) is 10.2 Å². The highest BCUT2D eigenvalue weighted by Crippen LogP contribution is 2.36. The molecule has 1 saturated carbocycles. The number of ether oxygens (including phenoxy) is 1. The van der Waals surface area contributed by atoms with Gasteiger partial charge in [0.25, 0.3) is 0 Å². The van der Waals surface area contributed by atoms with E-state index < -0.39 is 0 Å². The second-order valence-corrected chi connectivity index (χ2v) is 6.53. The minimum absolute atomic E-state index is 0.0337. The molecular weight excluding hydrogens is 290 g/mol. The smallest absolute Gasteiger partial charge is 0.226 e. The molecule has 1 amide bonds. The molecule has 1 aromatic carbocycles. The Morgan fingerprint density at radius 3 is 3.00 bits per heavy atom. The van der Waals surface area contributed by atoms with E-state index >= 15 is 0 Å². The van der Waals surface area contributed by atoms with Gasteiger partial charge in [0.1, 0.15) is 5.75 Å². The van der Waals surface area contributed by atoms with E-state index in [-0.39, 0.29) is 17.9 Å². The summed E-state index contributed by atoms with van der Waals surface area (Å²) < 4.78 is 5.51. The second-order valence-electron chi connectivity index (χ2n) is 6.53. The Bertz CT molecular complexity index is 549. The van der Waals surface area contributed by atoms with E-state index in [1.54, 1.807) is 7.11 Å². The molecule has 1 heterocycles. The van der Waals surface area contributed by atoms with Crippen molar-refractivity contribution in [2.75, 3.05) is 33.3 Å². The average molecular weight is 317 g/mol. The average Bonchev–Trinajstić information content (AvgIpc) is 3.09. The molecule has 126 valence electrons. The number of amides is 1. The van der Waals surface area contributed by atoms with Gasteiger partial charge in [0.05, 0.1) is 13.2 Å². The molecule has 5 heteroatoms. The van der Waals surface area contributed by atoms with Crippen LogP contribution in [0.2, 0.25) is 0 Å². The number of nitrogens with zero attached hydrogens (tertiary/aromatic N) is 1. The van der Waals surface area contributed by atoms with E-state index in [2.05, 4.69) is 11.4 Å². The van der Waals surface area contributed by atoms with E-state index in [1.165, 1.54) is 0 Å². The van der Waals surface area contributed by atoms with Gasteiger partial charge in [-0.2, -0.15) is 0 Å². The first-order chi connectivity index (χ1) is 11.3. The van der Waals surface area contributed by atoms with Gasteiger partial charge in [-0.3, -0.25) is 4.79 Å². The normalized spacial score (nSPS) is 27.9. The summed E-state index contributed by atoms with van der Waals surface area (Å²) >= 11 is 0. The lowest BCUT2D eigenvalue weighted by atomic mass is 9.92. The fourth-order valence-electron chi connectivity index (χ4n) is 4.04. The Labute approximate surface area is 138 Å². The van der Waals surface area contributed by atoms with Crippen LogP contribution in [-0.2, 0) is 4.79 Å². The SMILES string of the molecule is COc1ccccc1C1CNCCN1C(=O)[C@@H]1CCC[C@@H]1CN. The quantitative estimate of drug-likeness (QED) is 0.884. The molecule has 0 bridgehead atoms. The predicted octanol–water partition coefficient (Wildman–Crippen LogP) is 1.54. The van der Waals surface area contributed by atoms with Crippen molar-refractivity contribution in [3.05, 3.63) is 29.8 Å². The maximum atomic E-state index is 13.2. The molecule has 1 aliphatic heterocycles. The fourth-order valence-corrected chi connectivity index (χ4v) is 4.04. The van der Waals surface area contributed by atoms with Crippen molar-refractivity contribution in [2.24, 2.45) is 17.6 Å². The molecule has 3 N–H and O–H groups in total. The summed E-state index contributed by atoms with van der Waals surface area (Å²) in [4.78, 5) is 15.2. The van der Waals surface area contributed by atoms with E-state index in [9.17, 15) is 4.79 Å². The van der Waals surface area contributed by atoms with Crippen LogP contribution in [0.1, 0.15) is 30.9 Å². The number of carbonyl (C=O) groups excluding carboxylic acids is 1. The van der Waals surface area contributed by atoms with Gasteiger partial charge in [-0.25, -0.2) is 0 Å². The monoisotopic (exact) mass is 317 g/mol. The molecule has 1 unspecified atom stereocenters. The Morgan fingerprint density at radius 2 is 2.22 bits per heavy atom. The van der Waals surface area contributed by atoms with Crippen LogP contribution in [0.3, 0.4) is 0 Å². The zero-order valence-corrected chi connectivity index (χ0v) is 13.8. The van der Waals surface area contributed by atoms with Crippen LogP contribution < -0.4 is 15.8 Å². The molecule has 0 radical (unpaired) electrons. The number of para-hydroxylation sites is 1. The molecule has 0 spiro atoms. The van der Waals surface area contributed by atoms with Crippen LogP contribution in [0.25, 0.3) is 0 Å². The van der Waals surface area contributed by atoms with Crippen LogP contribution in [0.15, 0.2) is 24.3 Å². The van der Waals surface area contributed by atoms with Crippen molar-refractivity contribution in [3.63, 3.8) is 0 Å². The first kappa shape index (κ1) is 16.3. The van der Waals surface area contributed by atoms with E-state index in [4.69, 9.17) is 10.5 Å². The lowest BCUT2D eigenvalue weighted by Gasteiger charge is -2.39. The van der Waals surface area contributed by atoms with E-state index in [0.29, 0.717) is 12.5 Å². The minimum atomic E-state index is 0.0337. The zero-order chi connectivity index (χ0) is 16.2. The summed E-state index contributed by atoms with van der Waals surface area (Å²) in [6.07, 6.45) is 3.17. The summed E-state index contributed by atoms with van der Waals surface area (Å²) in [6.45, 7) is 2.97. The van der Waals surface area contributed by atoms with Gasteiger partial charge in [0.15, 0.2) is 0 Å². The minimum Gasteiger partial charge on any atom is -0.496 e. The third kappa shape index (κ3) is 3.21. The van der Waals surface area contributed by atoms with Crippen molar-refractivity contribution in [3.8, 4) is 5.75 Å². The number of hydrogen-bond acceptors (Lipinski definition) is 4. The Balaban J connectivity index is 1.85. The number of nitrogens with one attached hydrogen (secondary N) is 1. The number of hydrogen-bond donors (Lipinski definition) is 2. The molecule has 2 fully saturated rings. The van der Waals surface area contributed by atoms with Gasteiger partial charge >= 0.3 is 0 Å². The van der Waals surface area contributed by atoms with Crippen molar-refractivity contribution < 1.29 is 9.53 Å². The van der Waals surface area contributed by atoms with Crippen LogP contribution in [0.5, 0.6) is 5.75 Å². The van der Waals surface area contributed by atoms with Crippen molar-refractivity contribution in [1.29, 1.82) is 0 Å². The fraction of sp³-hybridized carbons (Fsp3) is 0.611. The number of nitrogens with two attached hydrogens (primary N) is 1. The van der Waals surface area contributed by atoms with Gasteiger partial charge in [-0.15, -0.1) is 0 Å². The number of piperazine rings is 1. The van der Waals surface area contributed by atoms with Gasteiger partial charge in [-0.1, -0.05) is 24.6 Å². The third-order valence-electron chi connectivity index (χ3n) is 5.30. The number of rotatable bonds is 4. The Kier molecular flexibility index (Phi) is 5.18. The summed E-state index contributed by atoms with van der Waals surface area (Å²) in [5.74, 6) is 1.56. The van der Waals surface area contributed by atoms with Gasteiger partial charge in [-0.05, 0) is 31.4 Å². The topological polar surface area (TPSA) is 67.6 Å². The highest BCUT2D eigenvalue weighted by Gasteiger charge is 2.38. The summed E-state index contributed by atoms with van der Waals surface area (Å²) in [5, 5.41) is 3.41. The second kappa shape index (κ2) is 7.32. The lowest BCUT2D eigenvalue weighted by molar-refractivity contribution is -0.140. The van der Waals surface area contributed by atoms with Crippen LogP contribution in [0.4, 0.5) is 0 Å². The van der Waals surface area contributed by atoms with E-state index in [1.807, 2.05) is 23.1 Å². The molecule has 3 atom stereocenters. The highest BCUT2D eigenvalue weighted by atomic mass is 16.5. The van der Waals surface area contributed by atoms with Crippen LogP contribution in [-0.4, -0.2) is 44.1 Å². The van der Waals surface area contributed by atoms with E-state index in [0.717, 1.165) is 50.2 Å². The van der Waals surface area contributed by atoms with Crippen LogP contribution >= 0.6 is 0 Å². The molecule has 0 aromatic heterocycles. The molecular formula is C18H27N3O2. The Morgan fingerprint density at radius 1 is 1.39 bits per heavy atom. The molecule has 23 heavy (non-hydrogen) atoms. The number of carbonyl (C=O) groups is 1. The maximum Gasteiger partial charge on any atom is 0.226 e. The largest absolute Gasteiger partial charge is 0.496 e. The lowest BCUT2D eigenvalue weighted by Crippen LogP contribution is -2.51. The Hall–Kier alpha value is -1.59. The maximum absolute atomic E-state index is 13.2. The zero-order valence-electron chi connectivity index (χ0n) is 13.8. The summed E-state index contributed by atoms with van der Waals surface area (Å²) in [6, 6.07) is 8.03. The number of benzene rings is 1. The molecule has 1 aromatic rings. The van der Waals surface area contributed by atoms with Gasteiger partial charge in [0, 0.05) is 31.1 Å². The standard InChI is InChI=1S/C18H27N3O2/c1-23-17-8-3-2-6-15(17)16-12-20-9-10-21(16)18(22)14-7-4-5-13(14)11-19/h2-3,6,8,13-14,16,20H,4-5,7,9-12,19H2,1H3/t13-,14-,16?/m1/s1.